The molecule has 0 spiro atoms. The molecule has 0 aliphatic heterocycles. The van der Waals surface area contributed by atoms with Crippen molar-refractivity contribution in [1.82, 2.24) is 0 Å². The van der Waals surface area contributed by atoms with E-state index in [-0.39, 0.29) is 117 Å². The van der Waals surface area contributed by atoms with Gasteiger partial charge in [0.15, 0.2) is 19.6 Å². The van der Waals surface area contributed by atoms with Crippen LogP contribution < -0.4 is 69.3 Å². The number of aliphatic hydroxyl groups is 2. The van der Waals surface area contributed by atoms with Crippen molar-refractivity contribution >= 4 is 45.4 Å². The molecule has 0 bridgehead atoms. The van der Waals surface area contributed by atoms with E-state index in [1.165, 1.54) is 24.3 Å². The SMILES string of the molecule is O=C([O-])C=C(c1ccc(F)cc1)c1ccc([S+]([O-])c2cc(F)cc(C(O)(C(F)(F)F)C(F)(F)F)c2)cc1O.O=C([O-])C=C(c1ccc(F)cc1)c1ccc([S+]([O-])c2cc(F)cc(C(O)(C(F)(F)F)C(F)(F)F)c2)cc1O.[Na+].[Na+]. The van der Waals surface area contributed by atoms with Crippen molar-refractivity contribution in [2.75, 3.05) is 0 Å². The number of carbonyl (C=O) groups is 2. The zero-order valence-corrected chi connectivity index (χ0v) is 44.4. The van der Waals surface area contributed by atoms with E-state index in [1.54, 1.807) is 0 Å². The molecule has 0 aliphatic carbocycles. The summed E-state index contributed by atoms with van der Waals surface area (Å²) in [5, 5.41) is 62.4. The molecule has 0 fully saturated rings. The average Bonchev–Trinajstić information content (AvgIpc) is 3.30. The number of hydrogen-bond acceptors (Lipinski definition) is 10. The maximum absolute atomic E-state index is 14.1. The monoisotopic (exact) mass is 1180 g/mol. The molecule has 0 saturated carbocycles. The van der Waals surface area contributed by atoms with Crippen molar-refractivity contribution in [1.29, 1.82) is 0 Å². The van der Waals surface area contributed by atoms with Crippen LogP contribution in [0.5, 0.6) is 11.5 Å². The Morgan fingerprint density at radius 3 is 0.936 bits per heavy atom. The molecule has 0 aliphatic rings. The van der Waals surface area contributed by atoms with Gasteiger partial charge in [0.2, 0.25) is 0 Å². The Morgan fingerprint density at radius 1 is 0.410 bits per heavy atom. The number of aliphatic carboxylic acids is 2. The Hall–Kier alpha value is -5.24. The van der Waals surface area contributed by atoms with E-state index >= 15 is 0 Å². The number of carboxylic acid groups (broad SMARTS) is 2. The van der Waals surface area contributed by atoms with E-state index in [2.05, 4.69) is 0 Å². The normalized spacial score (nSPS) is 13.5. The Labute approximate surface area is 477 Å². The third kappa shape index (κ3) is 14.8. The quantitative estimate of drug-likeness (QED) is 0.0610. The van der Waals surface area contributed by atoms with Gasteiger partial charge in [-0.2, -0.15) is 52.7 Å². The summed E-state index contributed by atoms with van der Waals surface area (Å²) in [6, 6.07) is 14.6. The fourth-order valence-electron chi connectivity index (χ4n) is 6.84. The summed E-state index contributed by atoms with van der Waals surface area (Å²) < 4.78 is 239. The van der Waals surface area contributed by atoms with Crippen LogP contribution in [-0.4, -0.2) is 66.2 Å². The number of alkyl halides is 12. The number of rotatable bonds is 12. The first-order valence-electron chi connectivity index (χ1n) is 20.1. The van der Waals surface area contributed by atoms with Gasteiger partial charge in [-0.05, 0) is 95.1 Å². The van der Waals surface area contributed by atoms with E-state index in [1.807, 2.05) is 0 Å². The van der Waals surface area contributed by atoms with Gasteiger partial charge in [-0.3, -0.25) is 0 Å². The van der Waals surface area contributed by atoms with E-state index in [0.717, 1.165) is 60.7 Å². The summed E-state index contributed by atoms with van der Waals surface area (Å²) in [6.45, 7) is 0. The molecular weight excluding hydrogens is 1150 g/mol. The minimum absolute atomic E-state index is 0. The Balaban J connectivity index is 0.000000400. The Kier molecular flexibility index (Phi) is 21.9. The van der Waals surface area contributed by atoms with Crippen LogP contribution in [-0.2, 0) is 43.1 Å². The molecule has 6 rings (SSSR count). The largest absolute Gasteiger partial charge is 1.00 e. The van der Waals surface area contributed by atoms with Gasteiger partial charge in [0.05, 0.1) is 11.9 Å². The van der Waals surface area contributed by atoms with Crippen molar-refractivity contribution in [2.45, 2.75) is 55.5 Å². The summed E-state index contributed by atoms with van der Waals surface area (Å²) in [4.78, 5) is 19.7. The molecule has 2 atom stereocenters. The number of hydrogen-bond donors (Lipinski definition) is 4. The zero-order valence-electron chi connectivity index (χ0n) is 38.8. The van der Waals surface area contributed by atoms with Gasteiger partial charge in [0.25, 0.3) is 11.2 Å². The van der Waals surface area contributed by atoms with Gasteiger partial charge in [-0.1, -0.05) is 24.3 Å². The summed E-state index contributed by atoms with van der Waals surface area (Å²) in [5.41, 5.74) is -15.5. The number of aromatic hydroxyl groups is 2. The first-order valence-corrected chi connectivity index (χ1v) is 22.4. The molecule has 2 unspecified atom stereocenters. The third-order valence-electron chi connectivity index (χ3n) is 10.4. The Morgan fingerprint density at radius 2 is 0.692 bits per heavy atom. The first-order chi connectivity index (χ1) is 34.9. The molecule has 0 saturated heterocycles. The molecule has 78 heavy (non-hydrogen) atoms. The summed E-state index contributed by atoms with van der Waals surface area (Å²) in [7, 11) is 0. The van der Waals surface area contributed by atoms with Crippen molar-refractivity contribution < 1.29 is 179 Å². The summed E-state index contributed by atoms with van der Waals surface area (Å²) in [5.74, 6) is -9.56. The zero-order chi connectivity index (χ0) is 57.3. The standard InChI is InChI=1S/2C24H14F8O5S.2Na/c2*25-14-3-1-12(2-4-14)19(11-21(34)35)18-6-5-16(10-20(18)33)38(37)17-8-13(7-15(26)9-17)22(36,23(27,28)29)24(30,31)32;;/h2*1-11,33,36H,(H,34,35);;/q;;2*+1/p-2. The van der Waals surface area contributed by atoms with Gasteiger partial charge < -0.3 is 49.3 Å². The molecule has 0 aromatic heterocycles. The molecule has 10 nitrogen and oxygen atoms in total. The summed E-state index contributed by atoms with van der Waals surface area (Å²) >= 11 is -5.38. The van der Waals surface area contributed by atoms with Gasteiger partial charge in [0, 0.05) is 81.0 Å². The second kappa shape index (κ2) is 25.5. The van der Waals surface area contributed by atoms with Crippen molar-refractivity contribution in [2.24, 2.45) is 0 Å². The molecule has 404 valence electrons. The number of halogens is 16. The minimum Gasteiger partial charge on any atom is -0.606 e. The van der Waals surface area contributed by atoms with Crippen LogP contribution in [0, 0.1) is 23.3 Å². The van der Waals surface area contributed by atoms with Crippen LogP contribution in [0.25, 0.3) is 11.1 Å². The Bertz CT molecular complexity index is 2970. The molecule has 0 amide bonds. The van der Waals surface area contributed by atoms with Crippen LogP contribution in [0.15, 0.2) is 153 Å². The smallest absolute Gasteiger partial charge is 0.606 e. The summed E-state index contributed by atoms with van der Waals surface area (Å²) in [6.07, 6.45) is -24.2. The number of benzene rings is 6. The molecule has 0 radical (unpaired) electrons. The number of phenols is 2. The number of phenolic OH excluding ortho intramolecular Hbond substituents is 2. The molecule has 6 aromatic rings. The fourth-order valence-corrected chi connectivity index (χ4v) is 9.11. The molecule has 30 heteroatoms. The van der Waals surface area contributed by atoms with Crippen molar-refractivity contribution in [3.05, 3.63) is 190 Å². The van der Waals surface area contributed by atoms with Crippen molar-refractivity contribution in [3.8, 4) is 11.5 Å². The molecule has 0 heterocycles. The van der Waals surface area contributed by atoms with Crippen LogP contribution in [0.1, 0.15) is 33.4 Å². The van der Waals surface area contributed by atoms with Crippen molar-refractivity contribution in [3.63, 3.8) is 0 Å². The number of carboxylic acids is 2. The molecule has 6 aromatic carbocycles. The minimum atomic E-state index is -6.32. The molecular formula is C48H26F16Na2O10S2. The van der Waals surface area contributed by atoms with E-state index in [9.17, 15) is 120 Å². The average molecular weight is 1180 g/mol. The maximum Gasteiger partial charge on any atom is 1.00 e. The van der Waals surface area contributed by atoms with E-state index in [4.69, 9.17) is 0 Å². The second-order valence-electron chi connectivity index (χ2n) is 15.4. The first kappa shape index (κ1) is 67.0. The predicted molar refractivity (Wildman–Crippen MR) is 227 cm³/mol. The topological polar surface area (TPSA) is 207 Å². The maximum atomic E-state index is 14.1. The van der Waals surface area contributed by atoms with Gasteiger partial charge in [-0.15, -0.1) is 0 Å². The van der Waals surface area contributed by atoms with E-state index < -0.39 is 136 Å². The molecule has 4 N–H and O–H groups in total. The van der Waals surface area contributed by atoms with Crippen LogP contribution in [0.2, 0.25) is 0 Å². The van der Waals surface area contributed by atoms with E-state index in [0.29, 0.717) is 24.3 Å². The van der Waals surface area contributed by atoms with Crippen LogP contribution in [0.4, 0.5) is 70.2 Å². The van der Waals surface area contributed by atoms with Gasteiger partial charge in [0.1, 0.15) is 34.8 Å². The second-order valence-corrected chi connectivity index (χ2v) is 18.4. The van der Waals surface area contributed by atoms with Gasteiger partial charge in [-0.25, -0.2) is 17.6 Å². The number of carbonyl (C=O) groups excluding carboxylic acids is 2. The van der Waals surface area contributed by atoms with Crippen LogP contribution >= 0.6 is 0 Å². The fraction of sp³-hybridized carbons (Fsp3) is 0.125. The van der Waals surface area contributed by atoms with Gasteiger partial charge >= 0.3 is 83.8 Å². The van der Waals surface area contributed by atoms with Crippen LogP contribution in [0.3, 0.4) is 0 Å². The third-order valence-corrected chi connectivity index (χ3v) is 13.1. The predicted octanol–water partition coefficient (Wildman–Crippen LogP) is 2.67.